The summed E-state index contributed by atoms with van der Waals surface area (Å²) in [4.78, 5) is 24.4. The number of ether oxygens (including phenoxy) is 2. The molecule has 1 aliphatic rings. The fourth-order valence-corrected chi connectivity index (χ4v) is 2.60. The lowest BCUT2D eigenvalue weighted by Gasteiger charge is -2.45. The largest absolute Gasteiger partial charge is 0.497 e. The second-order valence-electron chi connectivity index (χ2n) is 5.10. The van der Waals surface area contributed by atoms with Gasteiger partial charge >= 0.3 is 5.97 Å². The van der Waals surface area contributed by atoms with Crippen LogP contribution in [0.5, 0.6) is 11.5 Å². The van der Waals surface area contributed by atoms with E-state index >= 15 is 0 Å². The molecule has 0 aromatic heterocycles. The third kappa shape index (κ3) is 2.94. The number of hydrogen-bond donors (Lipinski definition) is 1. The standard InChI is InChI=1S/C15H19NO5/c1-9-12(7-14(17)18)16(15(9)19)8-10-4-5-11(20-2)6-13(10)21-3/h4-6,9,12H,7-8H2,1-3H3,(H,17,18)/t9-,12-/m1/s1. The molecule has 1 amide bonds. The molecule has 0 spiro atoms. The topological polar surface area (TPSA) is 76.1 Å². The summed E-state index contributed by atoms with van der Waals surface area (Å²) in [5, 5.41) is 8.93. The summed E-state index contributed by atoms with van der Waals surface area (Å²) in [5.74, 6) is 0.118. The van der Waals surface area contributed by atoms with Gasteiger partial charge in [-0.05, 0) is 12.1 Å². The predicted molar refractivity (Wildman–Crippen MR) is 75.3 cm³/mol. The molecule has 6 heteroatoms. The van der Waals surface area contributed by atoms with Gasteiger partial charge < -0.3 is 19.5 Å². The second kappa shape index (κ2) is 6.03. The minimum absolute atomic E-state index is 0.0286. The van der Waals surface area contributed by atoms with E-state index in [0.29, 0.717) is 18.0 Å². The number of nitrogens with zero attached hydrogens (tertiary/aromatic N) is 1. The zero-order valence-electron chi connectivity index (χ0n) is 12.3. The van der Waals surface area contributed by atoms with E-state index in [9.17, 15) is 9.59 Å². The minimum Gasteiger partial charge on any atom is -0.497 e. The summed E-state index contributed by atoms with van der Waals surface area (Å²) in [6.45, 7) is 2.10. The van der Waals surface area contributed by atoms with Gasteiger partial charge in [-0.1, -0.05) is 6.92 Å². The molecule has 0 saturated carbocycles. The molecule has 2 atom stereocenters. The Morgan fingerprint density at radius 3 is 2.62 bits per heavy atom. The first-order chi connectivity index (χ1) is 9.97. The third-order valence-electron chi connectivity index (χ3n) is 3.87. The molecular weight excluding hydrogens is 274 g/mol. The molecule has 1 aromatic rings. The van der Waals surface area contributed by atoms with Gasteiger partial charge in [0.05, 0.1) is 32.6 Å². The second-order valence-corrected chi connectivity index (χ2v) is 5.10. The molecule has 1 heterocycles. The number of methoxy groups -OCH3 is 2. The fraction of sp³-hybridized carbons (Fsp3) is 0.467. The number of carboxylic acids is 1. The number of β-lactam (4-membered cyclic amide) rings is 1. The van der Waals surface area contributed by atoms with Crippen LogP contribution < -0.4 is 9.47 Å². The molecule has 0 aliphatic carbocycles. The summed E-state index contributed by atoms with van der Waals surface area (Å²) < 4.78 is 10.4. The molecule has 1 aromatic carbocycles. The van der Waals surface area contributed by atoms with Crippen molar-refractivity contribution in [1.29, 1.82) is 0 Å². The number of aliphatic carboxylic acids is 1. The molecule has 0 unspecified atom stereocenters. The van der Waals surface area contributed by atoms with Gasteiger partial charge in [0.15, 0.2) is 0 Å². The Balaban J connectivity index is 2.17. The van der Waals surface area contributed by atoms with Crippen molar-refractivity contribution >= 4 is 11.9 Å². The smallest absolute Gasteiger partial charge is 0.305 e. The highest BCUT2D eigenvalue weighted by molar-refractivity contribution is 5.87. The number of likely N-dealkylation sites (tertiary alicyclic amines) is 1. The summed E-state index contributed by atoms with van der Waals surface area (Å²) in [6, 6.07) is 5.10. The van der Waals surface area contributed by atoms with Gasteiger partial charge in [0.1, 0.15) is 11.5 Å². The molecule has 1 aliphatic heterocycles. The van der Waals surface area contributed by atoms with Crippen molar-refractivity contribution < 1.29 is 24.2 Å². The quantitative estimate of drug-likeness (QED) is 0.805. The molecule has 0 radical (unpaired) electrons. The molecule has 114 valence electrons. The van der Waals surface area contributed by atoms with Crippen molar-refractivity contribution in [3.8, 4) is 11.5 Å². The van der Waals surface area contributed by atoms with Crippen LogP contribution in [0.25, 0.3) is 0 Å². The van der Waals surface area contributed by atoms with E-state index in [2.05, 4.69) is 0 Å². The van der Waals surface area contributed by atoms with Crippen LogP contribution >= 0.6 is 0 Å². The first kappa shape index (κ1) is 15.2. The van der Waals surface area contributed by atoms with Crippen LogP contribution in [0.4, 0.5) is 0 Å². The number of carbonyl (C=O) groups excluding carboxylic acids is 1. The Morgan fingerprint density at radius 1 is 1.33 bits per heavy atom. The van der Waals surface area contributed by atoms with Crippen LogP contribution in [-0.2, 0) is 16.1 Å². The highest BCUT2D eigenvalue weighted by Gasteiger charge is 2.45. The highest BCUT2D eigenvalue weighted by atomic mass is 16.5. The fourth-order valence-electron chi connectivity index (χ4n) is 2.60. The first-order valence-electron chi connectivity index (χ1n) is 6.71. The predicted octanol–water partition coefficient (Wildman–Crippen LogP) is 1.53. The zero-order valence-corrected chi connectivity index (χ0v) is 12.3. The maximum Gasteiger partial charge on any atom is 0.305 e. The number of carboxylic acid groups (broad SMARTS) is 1. The van der Waals surface area contributed by atoms with Gasteiger partial charge in [0, 0.05) is 18.2 Å². The summed E-state index contributed by atoms with van der Waals surface area (Å²) in [6.07, 6.45) is -0.0363. The van der Waals surface area contributed by atoms with E-state index in [1.165, 1.54) is 0 Å². The maximum atomic E-state index is 11.9. The van der Waals surface area contributed by atoms with E-state index in [4.69, 9.17) is 14.6 Å². The lowest BCUT2D eigenvalue weighted by molar-refractivity contribution is -0.159. The lowest BCUT2D eigenvalue weighted by atomic mass is 9.86. The monoisotopic (exact) mass is 293 g/mol. The average molecular weight is 293 g/mol. The normalized spacial score (nSPS) is 20.9. The maximum absolute atomic E-state index is 11.9. The van der Waals surface area contributed by atoms with Gasteiger partial charge in [-0.15, -0.1) is 0 Å². The highest BCUT2D eigenvalue weighted by Crippen LogP contribution is 2.33. The van der Waals surface area contributed by atoms with Crippen molar-refractivity contribution in [2.45, 2.75) is 25.9 Å². The van der Waals surface area contributed by atoms with Crippen molar-refractivity contribution in [1.82, 2.24) is 4.90 Å². The van der Waals surface area contributed by atoms with Crippen molar-refractivity contribution in [2.24, 2.45) is 5.92 Å². The molecule has 21 heavy (non-hydrogen) atoms. The van der Waals surface area contributed by atoms with Gasteiger partial charge in [-0.25, -0.2) is 0 Å². The number of carbonyl (C=O) groups is 2. The van der Waals surface area contributed by atoms with Gasteiger partial charge in [0.2, 0.25) is 5.91 Å². The van der Waals surface area contributed by atoms with Crippen molar-refractivity contribution in [3.63, 3.8) is 0 Å². The van der Waals surface area contributed by atoms with Crippen LogP contribution in [0, 0.1) is 5.92 Å². The third-order valence-corrected chi connectivity index (χ3v) is 3.87. The van der Waals surface area contributed by atoms with Crippen molar-refractivity contribution in [3.05, 3.63) is 23.8 Å². The van der Waals surface area contributed by atoms with Crippen LogP contribution in [0.15, 0.2) is 18.2 Å². The molecule has 1 N–H and O–H groups in total. The summed E-state index contributed by atoms with van der Waals surface area (Å²) in [7, 11) is 3.12. The molecule has 1 fully saturated rings. The molecule has 1 saturated heterocycles. The van der Waals surface area contributed by atoms with E-state index in [1.807, 2.05) is 6.07 Å². The Hall–Kier alpha value is -2.24. The SMILES string of the molecule is COc1ccc(CN2C(=O)[C@H](C)[C@H]2CC(=O)O)c(OC)c1. The minimum atomic E-state index is -0.897. The summed E-state index contributed by atoms with van der Waals surface area (Å²) >= 11 is 0. The molecule has 6 nitrogen and oxygen atoms in total. The Kier molecular flexibility index (Phi) is 4.35. The Bertz CT molecular complexity index is 557. The number of amides is 1. The van der Waals surface area contributed by atoms with E-state index in [0.717, 1.165) is 5.56 Å². The van der Waals surface area contributed by atoms with Crippen LogP contribution in [0.2, 0.25) is 0 Å². The van der Waals surface area contributed by atoms with Crippen LogP contribution in [-0.4, -0.2) is 42.1 Å². The lowest BCUT2D eigenvalue weighted by Crippen LogP contribution is -2.59. The Labute approximate surface area is 123 Å². The molecule has 2 rings (SSSR count). The first-order valence-corrected chi connectivity index (χ1v) is 6.71. The van der Waals surface area contributed by atoms with E-state index in [-0.39, 0.29) is 24.3 Å². The van der Waals surface area contributed by atoms with Gasteiger partial charge in [-0.2, -0.15) is 0 Å². The number of hydrogen-bond acceptors (Lipinski definition) is 4. The average Bonchev–Trinajstić information content (AvgIpc) is 2.49. The van der Waals surface area contributed by atoms with E-state index in [1.54, 1.807) is 38.2 Å². The summed E-state index contributed by atoms with van der Waals surface area (Å²) in [5.41, 5.74) is 0.828. The van der Waals surface area contributed by atoms with Crippen LogP contribution in [0.1, 0.15) is 18.9 Å². The van der Waals surface area contributed by atoms with E-state index < -0.39 is 5.97 Å². The number of benzene rings is 1. The van der Waals surface area contributed by atoms with Crippen LogP contribution in [0.3, 0.4) is 0 Å². The van der Waals surface area contributed by atoms with Crippen molar-refractivity contribution in [2.75, 3.05) is 14.2 Å². The molecular formula is C15H19NO5. The van der Waals surface area contributed by atoms with Gasteiger partial charge in [-0.3, -0.25) is 9.59 Å². The Morgan fingerprint density at radius 2 is 2.05 bits per heavy atom. The molecule has 0 bridgehead atoms. The number of rotatable bonds is 6. The van der Waals surface area contributed by atoms with Gasteiger partial charge in [0.25, 0.3) is 0 Å². The zero-order chi connectivity index (χ0) is 15.6.